The normalized spacial score (nSPS) is 10.3. The molecule has 0 radical (unpaired) electrons. The van der Waals surface area contributed by atoms with Crippen molar-refractivity contribution in [2.45, 2.75) is 18.7 Å². The van der Waals surface area contributed by atoms with Crippen molar-refractivity contribution in [2.24, 2.45) is 0 Å². The van der Waals surface area contributed by atoms with Crippen LogP contribution in [0.4, 0.5) is 11.4 Å². The lowest BCUT2D eigenvalue weighted by Gasteiger charge is -2.09. The molecule has 0 unspecified atom stereocenters. The van der Waals surface area contributed by atoms with E-state index in [4.69, 9.17) is 5.73 Å². The lowest BCUT2D eigenvalue weighted by molar-refractivity contribution is -0.113. The van der Waals surface area contributed by atoms with Gasteiger partial charge in [0.2, 0.25) is 5.91 Å². The minimum Gasteiger partial charge on any atom is -0.398 e. The predicted molar refractivity (Wildman–Crippen MR) is 86.1 cm³/mol. The van der Waals surface area contributed by atoms with E-state index in [0.717, 1.165) is 27.4 Å². The van der Waals surface area contributed by atoms with Crippen LogP contribution in [0, 0.1) is 13.8 Å². The number of rotatable bonds is 4. The van der Waals surface area contributed by atoms with Crippen LogP contribution in [-0.4, -0.2) is 11.7 Å². The molecule has 2 aromatic rings. The van der Waals surface area contributed by atoms with E-state index in [1.165, 1.54) is 11.8 Å². The van der Waals surface area contributed by atoms with Crippen LogP contribution >= 0.6 is 11.8 Å². The highest BCUT2D eigenvalue weighted by Gasteiger charge is 2.06. The summed E-state index contributed by atoms with van der Waals surface area (Å²) in [7, 11) is 0. The molecule has 0 aromatic heterocycles. The van der Waals surface area contributed by atoms with Gasteiger partial charge in [-0.25, -0.2) is 0 Å². The Hall–Kier alpha value is -1.94. The average molecular weight is 286 g/mol. The van der Waals surface area contributed by atoms with Crippen molar-refractivity contribution in [3.05, 3.63) is 53.6 Å². The van der Waals surface area contributed by atoms with Gasteiger partial charge in [0.25, 0.3) is 0 Å². The molecule has 4 heteroatoms. The van der Waals surface area contributed by atoms with Gasteiger partial charge < -0.3 is 11.1 Å². The fraction of sp³-hybridized carbons (Fsp3) is 0.188. The van der Waals surface area contributed by atoms with Crippen molar-refractivity contribution in [1.82, 2.24) is 0 Å². The van der Waals surface area contributed by atoms with Gasteiger partial charge in [-0.05, 0) is 49.2 Å². The largest absolute Gasteiger partial charge is 0.398 e. The van der Waals surface area contributed by atoms with Crippen LogP contribution < -0.4 is 11.1 Å². The molecule has 104 valence electrons. The Kier molecular flexibility index (Phi) is 4.69. The summed E-state index contributed by atoms with van der Waals surface area (Å²) in [6.07, 6.45) is 0. The lowest BCUT2D eigenvalue weighted by atomic mass is 10.2. The Morgan fingerprint density at radius 3 is 2.70 bits per heavy atom. The molecule has 0 spiro atoms. The second-order valence-corrected chi connectivity index (χ2v) is 5.69. The van der Waals surface area contributed by atoms with Gasteiger partial charge in [-0.1, -0.05) is 18.2 Å². The Morgan fingerprint density at radius 1 is 1.20 bits per heavy atom. The summed E-state index contributed by atoms with van der Waals surface area (Å²) in [5.41, 5.74) is 9.60. The van der Waals surface area contributed by atoms with E-state index in [2.05, 4.69) is 5.32 Å². The monoisotopic (exact) mass is 286 g/mol. The first-order valence-electron chi connectivity index (χ1n) is 6.40. The van der Waals surface area contributed by atoms with E-state index >= 15 is 0 Å². The molecule has 1 amide bonds. The van der Waals surface area contributed by atoms with Crippen LogP contribution in [0.5, 0.6) is 0 Å². The van der Waals surface area contributed by atoms with Gasteiger partial charge in [-0.3, -0.25) is 4.79 Å². The summed E-state index contributed by atoms with van der Waals surface area (Å²) in [6.45, 7) is 3.97. The third-order valence-electron chi connectivity index (χ3n) is 2.99. The van der Waals surface area contributed by atoms with E-state index in [-0.39, 0.29) is 5.91 Å². The summed E-state index contributed by atoms with van der Waals surface area (Å²) in [5.74, 6) is 0.362. The van der Waals surface area contributed by atoms with Gasteiger partial charge >= 0.3 is 0 Å². The van der Waals surface area contributed by atoms with Gasteiger partial charge in [0, 0.05) is 16.3 Å². The van der Waals surface area contributed by atoms with Crippen LogP contribution in [0.3, 0.4) is 0 Å². The average Bonchev–Trinajstić information content (AvgIpc) is 2.40. The summed E-state index contributed by atoms with van der Waals surface area (Å²) >= 11 is 1.50. The Labute approximate surface area is 123 Å². The number of nitrogens with one attached hydrogen (secondary N) is 1. The highest BCUT2D eigenvalue weighted by atomic mass is 32.2. The molecule has 3 nitrogen and oxygen atoms in total. The van der Waals surface area contributed by atoms with E-state index in [9.17, 15) is 4.79 Å². The van der Waals surface area contributed by atoms with Gasteiger partial charge in [-0.15, -0.1) is 11.8 Å². The maximum Gasteiger partial charge on any atom is 0.234 e. The van der Waals surface area contributed by atoms with Crippen molar-refractivity contribution >= 4 is 29.0 Å². The van der Waals surface area contributed by atoms with Crippen molar-refractivity contribution < 1.29 is 4.79 Å². The van der Waals surface area contributed by atoms with Gasteiger partial charge in [0.05, 0.1) is 5.75 Å². The Morgan fingerprint density at radius 2 is 1.95 bits per heavy atom. The number of carbonyl (C=O) groups excluding carboxylic acids is 1. The molecule has 0 atom stereocenters. The van der Waals surface area contributed by atoms with Crippen LogP contribution in [0.15, 0.2) is 47.4 Å². The van der Waals surface area contributed by atoms with E-state index in [1.54, 1.807) is 0 Å². The fourth-order valence-corrected chi connectivity index (χ4v) is 2.72. The number of nitrogen functional groups attached to an aromatic ring is 1. The van der Waals surface area contributed by atoms with Gasteiger partial charge in [-0.2, -0.15) is 0 Å². The molecular formula is C16H18N2OS. The molecule has 0 aliphatic carbocycles. The second kappa shape index (κ2) is 6.48. The number of carbonyl (C=O) groups is 1. The van der Waals surface area contributed by atoms with Gasteiger partial charge in [0.1, 0.15) is 0 Å². The molecule has 0 saturated carbocycles. The smallest absolute Gasteiger partial charge is 0.234 e. The number of benzene rings is 2. The van der Waals surface area contributed by atoms with Crippen molar-refractivity contribution in [2.75, 3.05) is 16.8 Å². The lowest BCUT2D eigenvalue weighted by Crippen LogP contribution is -2.14. The van der Waals surface area contributed by atoms with Crippen molar-refractivity contribution in [1.29, 1.82) is 0 Å². The minimum atomic E-state index is -0.0116. The van der Waals surface area contributed by atoms with E-state index < -0.39 is 0 Å². The third-order valence-corrected chi connectivity index (χ3v) is 4.15. The molecule has 0 aliphatic heterocycles. The first kappa shape index (κ1) is 14.5. The standard InChI is InChI=1S/C16H18N2OS/c1-11-5-3-6-13(9-11)18-16(19)10-20-15-8-4-7-14(17)12(15)2/h3-9H,10,17H2,1-2H3,(H,18,19). The van der Waals surface area contributed by atoms with Crippen LogP contribution in [0.25, 0.3) is 0 Å². The summed E-state index contributed by atoms with van der Waals surface area (Å²) in [4.78, 5) is 13.0. The van der Waals surface area contributed by atoms with Crippen LogP contribution in [-0.2, 0) is 4.79 Å². The molecule has 2 rings (SSSR count). The number of nitrogens with two attached hydrogens (primary N) is 1. The molecule has 0 bridgehead atoms. The highest BCUT2D eigenvalue weighted by molar-refractivity contribution is 8.00. The number of aryl methyl sites for hydroxylation is 1. The maximum absolute atomic E-state index is 11.9. The van der Waals surface area contributed by atoms with Crippen molar-refractivity contribution in [3.63, 3.8) is 0 Å². The third kappa shape index (κ3) is 3.78. The zero-order chi connectivity index (χ0) is 14.5. The fourth-order valence-electron chi connectivity index (χ4n) is 1.85. The second-order valence-electron chi connectivity index (χ2n) is 4.68. The minimum absolute atomic E-state index is 0.0116. The first-order chi connectivity index (χ1) is 9.56. The Bertz CT molecular complexity index is 626. The molecule has 0 aliphatic rings. The Balaban J connectivity index is 1.94. The summed E-state index contributed by atoms with van der Waals surface area (Å²) < 4.78 is 0. The summed E-state index contributed by atoms with van der Waals surface area (Å²) in [6, 6.07) is 13.5. The molecule has 3 N–H and O–H groups in total. The van der Waals surface area contributed by atoms with E-state index in [0.29, 0.717) is 5.75 Å². The predicted octanol–water partition coefficient (Wildman–Crippen LogP) is 3.62. The quantitative estimate of drug-likeness (QED) is 0.667. The zero-order valence-corrected chi connectivity index (χ0v) is 12.5. The van der Waals surface area contributed by atoms with E-state index in [1.807, 2.05) is 56.3 Å². The topological polar surface area (TPSA) is 55.1 Å². The molecule has 0 heterocycles. The number of amides is 1. The highest BCUT2D eigenvalue weighted by Crippen LogP contribution is 2.26. The molecule has 0 fully saturated rings. The molecule has 2 aromatic carbocycles. The van der Waals surface area contributed by atoms with Crippen molar-refractivity contribution in [3.8, 4) is 0 Å². The summed E-state index contributed by atoms with van der Waals surface area (Å²) in [5, 5.41) is 2.90. The number of anilines is 2. The molecular weight excluding hydrogens is 268 g/mol. The number of hydrogen-bond donors (Lipinski definition) is 2. The number of hydrogen-bond acceptors (Lipinski definition) is 3. The molecule has 20 heavy (non-hydrogen) atoms. The van der Waals surface area contributed by atoms with Gasteiger partial charge in [0.15, 0.2) is 0 Å². The zero-order valence-electron chi connectivity index (χ0n) is 11.6. The molecule has 0 saturated heterocycles. The maximum atomic E-state index is 11.9. The number of thioether (sulfide) groups is 1. The first-order valence-corrected chi connectivity index (χ1v) is 7.39. The SMILES string of the molecule is Cc1cccc(NC(=O)CSc2cccc(N)c2C)c1. The van der Waals surface area contributed by atoms with Crippen LogP contribution in [0.2, 0.25) is 0 Å². The van der Waals surface area contributed by atoms with Crippen LogP contribution in [0.1, 0.15) is 11.1 Å².